The molecule has 132 heavy (non-hydrogen) atoms. The van der Waals surface area contributed by atoms with Crippen LogP contribution in [0.2, 0.25) is 0 Å². The molecule has 34 N–H and O–H groups in total. The smallest absolute Gasteiger partial charge is 0.364 e. The predicted octanol–water partition coefficient (Wildman–Crippen LogP) is -22.9. The maximum absolute atomic E-state index is 13.2. The van der Waals surface area contributed by atoms with Gasteiger partial charge in [-0.25, -0.2) is 4.79 Å². The van der Waals surface area contributed by atoms with E-state index in [9.17, 15) is 177 Å². The number of aliphatic hydroxyl groups is 28. The summed E-state index contributed by atoms with van der Waals surface area (Å²) in [4.78, 5) is 76.7. The largest absolute Gasteiger partial charge is 0.477 e. The lowest BCUT2D eigenvalue weighted by Crippen LogP contribution is -2.71. The Morgan fingerprint density at radius 2 is 0.614 bits per heavy atom. The van der Waals surface area contributed by atoms with Crippen LogP contribution in [0.1, 0.15) is 41.0 Å². The average molecular weight is 1930 g/mol. The number of aliphatic hydroxyl groups excluding tert-OH is 28. The van der Waals surface area contributed by atoms with Gasteiger partial charge in [-0.15, -0.1) is 0 Å². The van der Waals surface area contributed by atoms with Crippen LogP contribution in [-0.2, 0) is 119 Å². The normalized spacial score (nSPS) is 47.2. The van der Waals surface area contributed by atoms with E-state index in [1.807, 2.05) is 0 Å². The van der Waals surface area contributed by atoms with Gasteiger partial charge >= 0.3 is 5.97 Å². The molecule has 5 amide bonds. The van der Waals surface area contributed by atoms with E-state index in [1.54, 1.807) is 0 Å². The zero-order valence-corrected chi connectivity index (χ0v) is 70.8. The molecule has 10 aliphatic rings. The Labute approximate surface area is 746 Å². The predicted molar refractivity (Wildman–Crippen MR) is 405 cm³/mol. The van der Waals surface area contributed by atoms with Crippen LogP contribution in [0.15, 0.2) is 0 Å². The SMILES string of the molecule is CC(=O)N[C@@H]1[C@@H](O)[C@H](O[C@@H]2O[C@H](CO)[C@@H](O[C@@H]3O[C@H](CO[C@H]4O[C@H](CO)[C@@H](O)[C@H](O)[C@@H]4O[C@@H]4O[C@H](CO)[C@@H](O[C@H]5O[C@H](CO)[C@H](O)[C@H](O)[C@H]5O)[C@H](O)[C@H]4NC(C)=O)[C@@H](O)[C@H](O[C@H]4O[C@H](CO)[C@@H](O)[C@H](O)[C@@H]4O[C@@H]4O[C@H](CO)[C@@H](O[C@H]5O[C@H](CO[C@]6(C(=O)O)C[C@H](O)[C@@H](NC(C)=O)[C@H]([C@H](O)[C@H](O)CO)O6)[C@H](O)[C@H](O)[C@H]5O)[C@H](O)[C@H]4NC(C)=O)[C@@H]3O)[C@H](O)[C@H]2NC(C)=O)[C@@H](CO)O[C@H]1O. The lowest BCUT2D eigenvalue weighted by atomic mass is 9.88. The van der Waals surface area contributed by atoms with E-state index in [1.165, 1.54) is 0 Å². The van der Waals surface area contributed by atoms with Crippen molar-refractivity contribution < 1.29 is 267 Å². The molecule has 0 aliphatic carbocycles. The standard InChI is InChI=1S/C73H121N5O54/c1-17(87)74-33-22(92)6-73(72(112)113,132-59(33)38(94)23(93)7-79)115-16-32-42(98)49(105)53(109)68(124-32)127-57-29(13-85)122-66(37(47(57)103)78-21(5)91)131-62-51(107)41(97)26(10-82)119-71(62)129-60-43(99)31(123-69(54(60)110)128-58-30(14-86)120-64(35(45(58)101)76-19(3)89)125-55-27(11-83)116-63(111)34(44(55)100)75-18(2)88)15-114-70-61(50(106)40(96)25(9-81)118-70)130-65-36(77-20(4)90)46(102)56(28(12-84)121-65)126-67-52(108)48(104)39(95)24(8-80)117-67/h22-71,79-86,92-111H,6-16H2,1-5H3,(H,74,87)(H,75,88)(H,76,89)(H,77,90)(H,78,91)(H,112,113)/t22-,23+,24+,25+,26+,27+,28+,29+,30+,31+,32+,33+,34+,35+,36+,37+,38+,39-,40+,41+,42-,43+,44+,45+,46+,47+,48-,49-,50-,51-,52+,53+,54-,55+,56+,57+,58+,59+,60-,61-,62-,63+,64-,65-,66-,67+,68+,69-,70-,71+,73+/m0/s1. The lowest BCUT2D eigenvalue weighted by Gasteiger charge is -2.51. The summed E-state index contributed by atoms with van der Waals surface area (Å²) >= 11 is 0. The topological polar surface area (TPSA) is 925 Å². The Kier molecular flexibility index (Phi) is 39.0. The molecular formula is C73H121N5O54. The first-order valence-corrected chi connectivity index (χ1v) is 41.8. The van der Waals surface area contributed by atoms with E-state index in [0.717, 1.165) is 34.6 Å². The first-order chi connectivity index (χ1) is 62.3. The van der Waals surface area contributed by atoms with Crippen molar-refractivity contribution in [1.82, 2.24) is 26.6 Å². The summed E-state index contributed by atoms with van der Waals surface area (Å²) in [5.74, 6) is -9.84. The molecule has 0 saturated carbocycles. The fourth-order valence-electron chi connectivity index (χ4n) is 16.9. The van der Waals surface area contributed by atoms with Gasteiger partial charge < -0.3 is 265 Å². The van der Waals surface area contributed by atoms with E-state index >= 15 is 0 Å². The van der Waals surface area contributed by atoms with Crippen molar-refractivity contribution in [2.24, 2.45) is 0 Å². The van der Waals surface area contributed by atoms with Gasteiger partial charge in [0, 0.05) is 41.0 Å². The van der Waals surface area contributed by atoms with Crippen LogP contribution in [0.5, 0.6) is 0 Å². The minimum absolute atomic E-state index is 0.815. The van der Waals surface area contributed by atoms with Gasteiger partial charge in [0.1, 0.15) is 238 Å². The molecule has 0 aromatic heterocycles. The van der Waals surface area contributed by atoms with Crippen molar-refractivity contribution >= 4 is 35.5 Å². The third kappa shape index (κ3) is 24.1. The van der Waals surface area contributed by atoms with Crippen molar-refractivity contribution in [3.63, 3.8) is 0 Å². The number of hydrogen-bond donors (Lipinski definition) is 34. The number of amides is 5. The second-order valence-corrected chi connectivity index (χ2v) is 33.2. The number of carboxylic acids is 1. The molecule has 0 aromatic carbocycles. The number of rotatable bonds is 36. The molecule has 59 nitrogen and oxygen atoms in total. The fourth-order valence-corrected chi connectivity index (χ4v) is 16.9. The Bertz CT molecular complexity index is 3680. The summed E-state index contributed by atoms with van der Waals surface area (Å²) in [5.41, 5.74) is 0. The Balaban J connectivity index is 0.960. The van der Waals surface area contributed by atoms with E-state index in [-0.39, 0.29) is 0 Å². The molecule has 0 radical (unpaired) electrons. The molecule has 59 heteroatoms. The van der Waals surface area contributed by atoms with Crippen molar-refractivity contribution in [3.05, 3.63) is 0 Å². The maximum Gasteiger partial charge on any atom is 0.364 e. The minimum atomic E-state index is -3.11. The molecular weight excluding hydrogens is 1810 g/mol. The quantitative estimate of drug-likeness (QED) is 0.0277. The molecule has 10 aliphatic heterocycles. The summed E-state index contributed by atoms with van der Waals surface area (Å²) in [6, 6.07) is -9.43. The molecule has 10 fully saturated rings. The van der Waals surface area contributed by atoms with E-state index in [2.05, 4.69) is 26.6 Å². The summed E-state index contributed by atoms with van der Waals surface area (Å²) in [7, 11) is 0. The summed E-state index contributed by atoms with van der Waals surface area (Å²) in [6.07, 6.45) is -99.3. The molecule has 0 spiro atoms. The number of nitrogens with one attached hydrogen (secondary N) is 5. The van der Waals surface area contributed by atoms with Crippen molar-refractivity contribution in [2.75, 3.05) is 66.1 Å². The first kappa shape index (κ1) is 109. The first-order valence-electron chi connectivity index (χ1n) is 41.8. The number of ether oxygens (including phenoxy) is 19. The van der Waals surface area contributed by atoms with E-state index in [0.29, 0.717) is 0 Å². The van der Waals surface area contributed by atoms with Crippen LogP contribution >= 0.6 is 0 Å². The second kappa shape index (κ2) is 47.3. The highest BCUT2D eigenvalue weighted by Gasteiger charge is 2.63. The van der Waals surface area contributed by atoms with Crippen molar-refractivity contribution in [3.8, 4) is 0 Å². The minimum Gasteiger partial charge on any atom is -0.477 e. The number of carbonyl (C=O) groups excluding carboxylic acids is 5. The van der Waals surface area contributed by atoms with Gasteiger partial charge in [0.25, 0.3) is 5.79 Å². The zero-order valence-electron chi connectivity index (χ0n) is 70.8. The molecule has 51 atom stereocenters. The van der Waals surface area contributed by atoms with E-state index < -0.39 is 420 Å². The highest BCUT2D eigenvalue weighted by atomic mass is 16.8. The van der Waals surface area contributed by atoms with Crippen LogP contribution in [0.3, 0.4) is 0 Å². The number of hydrogen-bond acceptors (Lipinski definition) is 53. The molecule has 10 rings (SSSR count). The molecule has 0 aromatic rings. The highest BCUT2D eigenvalue weighted by molar-refractivity contribution is 5.77. The number of aliphatic carboxylic acids is 1. The molecule has 10 heterocycles. The van der Waals surface area contributed by atoms with Crippen LogP contribution < -0.4 is 26.6 Å². The van der Waals surface area contributed by atoms with Gasteiger partial charge in [0.15, 0.2) is 56.6 Å². The van der Waals surface area contributed by atoms with Gasteiger partial charge in [-0.2, -0.15) is 0 Å². The van der Waals surface area contributed by atoms with Crippen LogP contribution in [0.25, 0.3) is 0 Å². The maximum atomic E-state index is 13.2. The van der Waals surface area contributed by atoms with Crippen LogP contribution in [0.4, 0.5) is 0 Å². The second-order valence-electron chi connectivity index (χ2n) is 33.2. The van der Waals surface area contributed by atoms with Gasteiger partial charge in [-0.3, -0.25) is 24.0 Å². The lowest BCUT2D eigenvalue weighted by molar-refractivity contribution is -0.399. The Morgan fingerprint density at radius 1 is 0.311 bits per heavy atom. The molecule has 762 valence electrons. The third-order valence-corrected chi connectivity index (χ3v) is 23.8. The monoisotopic (exact) mass is 1930 g/mol. The number of carbonyl (C=O) groups is 6. The zero-order chi connectivity index (χ0) is 97.6. The summed E-state index contributed by atoms with van der Waals surface area (Å²) in [6.45, 7) is -7.13. The highest BCUT2D eigenvalue weighted by Crippen LogP contribution is 2.42. The summed E-state index contributed by atoms with van der Waals surface area (Å²) < 4.78 is 113. The van der Waals surface area contributed by atoms with Gasteiger partial charge in [-0.05, 0) is 0 Å². The molecule has 0 unspecified atom stereocenters. The average Bonchev–Trinajstić information content (AvgIpc) is 0.759. The van der Waals surface area contributed by atoms with Gasteiger partial charge in [0.05, 0.1) is 78.2 Å². The van der Waals surface area contributed by atoms with Crippen LogP contribution in [0, 0.1) is 0 Å². The van der Waals surface area contributed by atoms with Gasteiger partial charge in [-0.1, -0.05) is 0 Å². The van der Waals surface area contributed by atoms with Crippen molar-refractivity contribution in [2.45, 2.75) is 353 Å². The van der Waals surface area contributed by atoms with Crippen molar-refractivity contribution in [1.29, 1.82) is 0 Å². The molecule has 0 bridgehead atoms. The fraction of sp³-hybridized carbons (Fsp3) is 0.918. The van der Waals surface area contributed by atoms with Crippen LogP contribution in [-0.4, -0.2) is 562 Å². The Morgan fingerprint density at radius 3 is 1.01 bits per heavy atom. The Hall–Kier alpha value is -5.06. The third-order valence-electron chi connectivity index (χ3n) is 23.8. The molecule has 10 saturated heterocycles. The summed E-state index contributed by atoms with van der Waals surface area (Å²) in [5, 5.41) is 336. The number of carboxylic acid groups (broad SMARTS) is 1. The van der Waals surface area contributed by atoms with Gasteiger partial charge in [0.2, 0.25) is 29.5 Å². The van der Waals surface area contributed by atoms with E-state index in [4.69, 9.17) is 90.0 Å².